The molecule has 2 unspecified atom stereocenters. The Bertz CT molecular complexity index is 133. The van der Waals surface area contributed by atoms with Crippen molar-refractivity contribution in [1.82, 2.24) is 5.32 Å². The summed E-state index contributed by atoms with van der Waals surface area (Å²) in [5.41, 5.74) is -0.0231. The Hall–Kier alpha value is -0.150. The van der Waals surface area contributed by atoms with E-state index in [1.165, 1.54) is 0 Å². The lowest BCUT2D eigenvalue weighted by atomic mass is 9.93. The minimum Gasteiger partial charge on any atom is -0.329 e. The Balaban J connectivity index is 2.46. The van der Waals surface area contributed by atoms with Crippen LogP contribution in [-0.2, 0) is 4.74 Å². The molecule has 1 aliphatic heterocycles. The summed E-state index contributed by atoms with van der Waals surface area (Å²) in [7, 11) is 0. The highest BCUT2D eigenvalue weighted by molar-refractivity contribution is 4.76. The molecule has 66 valence electrons. The fourth-order valence-corrected chi connectivity index (χ4v) is 1.10. The molecule has 0 aromatic rings. The molecule has 0 saturated carbocycles. The number of alkyl halides is 1. The van der Waals surface area contributed by atoms with Crippen LogP contribution >= 0.6 is 0 Å². The number of hydrogen-bond acceptors (Lipinski definition) is 2. The van der Waals surface area contributed by atoms with Crippen LogP contribution in [0.5, 0.6) is 0 Å². The van der Waals surface area contributed by atoms with Crippen molar-refractivity contribution >= 4 is 0 Å². The molecule has 11 heavy (non-hydrogen) atoms. The second-order valence-corrected chi connectivity index (χ2v) is 4.04. The van der Waals surface area contributed by atoms with Crippen LogP contribution in [0.4, 0.5) is 4.39 Å². The molecule has 0 spiro atoms. The summed E-state index contributed by atoms with van der Waals surface area (Å²) in [6, 6.07) is 0. The SMILES string of the molecule is CC(C)(C)C1NCCC(F)O1. The van der Waals surface area contributed by atoms with Gasteiger partial charge in [-0.1, -0.05) is 20.8 Å². The predicted octanol–water partition coefficient (Wildman–Crippen LogP) is 1.66. The van der Waals surface area contributed by atoms with E-state index in [1.54, 1.807) is 0 Å². The summed E-state index contributed by atoms with van der Waals surface area (Å²) in [4.78, 5) is 0. The van der Waals surface area contributed by atoms with E-state index in [0.717, 1.165) is 0 Å². The third-order valence-electron chi connectivity index (χ3n) is 1.77. The van der Waals surface area contributed by atoms with Crippen LogP contribution in [-0.4, -0.2) is 19.1 Å². The molecule has 1 heterocycles. The van der Waals surface area contributed by atoms with Gasteiger partial charge in [-0.05, 0) is 0 Å². The minimum atomic E-state index is -1.08. The van der Waals surface area contributed by atoms with Gasteiger partial charge in [0.2, 0.25) is 6.36 Å². The first-order valence-corrected chi connectivity index (χ1v) is 4.03. The highest BCUT2D eigenvalue weighted by atomic mass is 19.1. The van der Waals surface area contributed by atoms with Gasteiger partial charge < -0.3 is 4.74 Å². The van der Waals surface area contributed by atoms with Crippen LogP contribution in [0, 0.1) is 5.41 Å². The number of hydrogen-bond donors (Lipinski definition) is 1. The summed E-state index contributed by atoms with van der Waals surface area (Å²) in [5, 5.41) is 3.13. The maximum Gasteiger partial charge on any atom is 0.201 e. The molecule has 1 aliphatic rings. The van der Waals surface area contributed by atoms with E-state index < -0.39 is 6.36 Å². The molecule has 2 atom stereocenters. The molecule has 1 fully saturated rings. The molecule has 3 heteroatoms. The van der Waals surface area contributed by atoms with E-state index in [-0.39, 0.29) is 11.6 Å². The molecule has 0 amide bonds. The van der Waals surface area contributed by atoms with Crippen molar-refractivity contribution in [2.45, 2.75) is 39.8 Å². The normalized spacial score (nSPS) is 33.8. The lowest BCUT2D eigenvalue weighted by Gasteiger charge is -2.35. The van der Waals surface area contributed by atoms with Crippen molar-refractivity contribution in [3.05, 3.63) is 0 Å². The second-order valence-electron chi connectivity index (χ2n) is 4.04. The molecule has 1 N–H and O–H groups in total. The van der Waals surface area contributed by atoms with E-state index >= 15 is 0 Å². The van der Waals surface area contributed by atoms with E-state index in [4.69, 9.17) is 4.74 Å². The number of ether oxygens (including phenoxy) is 1. The second kappa shape index (κ2) is 3.07. The predicted molar refractivity (Wildman–Crippen MR) is 41.8 cm³/mol. The third kappa shape index (κ3) is 2.42. The maximum absolute atomic E-state index is 12.7. The summed E-state index contributed by atoms with van der Waals surface area (Å²) >= 11 is 0. The van der Waals surface area contributed by atoms with Crippen molar-refractivity contribution in [2.75, 3.05) is 6.54 Å². The van der Waals surface area contributed by atoms with Crippen LogP contribution in [0.2, 0.25) is 0 Å². The quantitative estimate of drug-likeness (QED) is 0.583. The van der Waals surface area contributed by atoms with Crippen molar-refractivity contribution in [3.8, 4) is 0 Å². The molecule has 0 bridgehead atoms. The van der Waals surface area contributed by atoms with Gasteiger partial charge in [0.25, 0.3) is 0 Å². The highest BCUT2D eigenvalue weighted by Gasteiger charge is 2.30. The topological polar surface area (TPSA) is 21.3 Å². The Labute approximate surface area is 67.1 Å². The largest absolute Gasteiger partial charge is 0.329 e. The van der Waals surface area contributed by atoms with E-state index in [1.807, 2.05) is 20.8 Å². The first-order valence-electron chi connectivity index (χ1n) is 4.03. The van der Waals surface area contributed by atoms with Crippen LogP contribution in [0.15, 0.2) is 0 Å². The standard InChI is InChI=1S/C8H16FNO/c1-8(2,3)7-10-5-4-6(9)11-7/h6-7,10H,4-5H2,1-3H3. The summed E-state index contributed by atoms with van der Waals surface area (Å²) in [5.74, 6) is 0. The number of nitrogens with one attached hydrogen (secondary N) is 1. The lowest BCUT2D eigenvalue weighted by Crippen LogP contribution is -2.48. The van der Waals surface area contributed by atoms with Crippen molar-refractivity contribution in [2.24, 2.45) is 5.41 Å². The monoisotopic (exact) mass is 161 g/mol. The Morgan fingerprint density at radius 2 is 2.09 bits per heavy atom. The lowest BCUT2D eigenvalue weighted by molar-refractivity contribution is -0.161. The molecule has 1 saturated heterocycles. The van der Waals surface area contributed by atoms with Gasteiger partial charge in [0, 0.05) is 18.4 Å². The van der Waals surface area contributed by atoms with Gasteiger partial charge in [-0.3, -0.25) is 5.32 Å². The van der Waals surface area contributed by atoms with Gasteiger partial charge in [-0.2, -0.15) is 0 Å². The molecular formula is C8H16FNO. The van der Waals surface area contributed by atoms with Crippen molar-refractivity contribution in [1.29, 1.82) is 0 Å². The Morgan fingerprint density at radius 1 is 1.45 bits per heavy atom. The van der Waals surface area contributed by atoms with E-state index in [2.05, 4.69) is 5.32 Å². The highest BCUT2D eigenvalue weighted by Crippen LogP contribution is 2.24. The maximum atomic E-state index is 12.7. The smallest absolute Gasteiger partial charge is 0.201 e. The zero-order valence-electron chi connectivity index (χ0n) is 7.36. The molecule has 2 nitrogen and oxygen atoms in total. The fourth-order valence-electron chi connectivity index (χ4n) is 1.10. The van der Waals surface area contributed by atoms with E-state index in [9.17, 15) is 4.39 Å². The first kappa shape index (κ1) is 8.94. The minimum absolute atomic E-state index is 0.0231. The zero-order valence-corrected chi connectivity index (χ0v) is 7.36. The zero-order chi connectivity index (χ0) is 8.48. The summed E-state index contributed by atoms with van der Waals surface area (Å²) in [6.45, 7) is 6.80. The van der Waals surface area contributed by atoms with Gasteiger partial charge in [0.1, 0.15) is 6.23 Å². The molecule has 1 rings (SSSR count). The molecule has 0 radical (unpaired) electrons. The van der Waals surface area contributed by atoms with Gasteiger partial charge in [-0.25, -0.2) is 4.39 Å². The average Bonchev–Trinajstić information content (AvgIpc) is 1.86. The fraction of sp³-hybridized carbons (Fsp3) is 1.00. The number of halogens is 1. The van der Waals surface area contributed by atoms with Gasteiger partial charge in [0.15, 0.2) is 0 Å². The molecule has 0 aromatic heterocycles. The number of rotatable bonds is 0. The summed E-state index contributed by atoms with van der Waals surface area (Å²) < 4.78 is 17.8. The molecular weight excluding hydrogens is 145 g/mol. The van der Waals surface area contributed by atoms with Gasteiger partial charge in [0.05, 0.1) is 0 Å². The molecule has 0 aromatic carbocycles. The third-order valence-corrected chi connectivity index (χ3v) is 1.77. The van der Waals surface area contributed by atoms with Crippen LogP contribution in [0.3, 0.4) is 0 Å². The van der Waals surface area contributed by atoms with Crippen molar-refractivity contribution in [3.63, 3.8) is 0 Å². The van der Waals surface area contributed by atoms with Gasteiger partial charge in [-0.15, -0.1) is 0 Å². The average molecular weight is 161 g/mol. The molecule has 0 aliphatic carbocycles. The van der Waals surface area contributed by atoms with Crippen LogP contribution < -0.4 is 5.32 Å². The van der Waals surface area contributed by atoms with Crippen molar-refractivity contribution < 1.29 is 9.13 Å². The van der Waals surface area contributed by atoms with Crippen LogP contribution in [0.1, 0.15) is 27.2 Å². The van der Waals surface area contributed by atoms with Crippen LogP contribution in [0.25, 0.3) is 0 Å². The van der Waals surface area contributed by atoms with Gasteiger partial charge >= 0.3 is 0 Å². The Kier molecular flexibility index (Phi) is 2.50. The summed E-state index contributed by atoms with van der Waals surface area (Å²) in [6.07, 6.45) is -0.765. The van der Waals surface area contributed by atoms with E-state index in [0.29, 0.717) is 13.0 Å². The Morgan fingerprint density at radius 3 is 2.45 bits per heavy atom. The first-order chi connectivity index (χ1) is 5.00.